The van der Waals surface area contributed by atoms with Gasteiger partial charge in [0.2, 0.25) is 5.91 Å². The van der Waals surface area contributed by atoms with Crippen LogP contribution in [0.5, 0.6) is 0 Å². The van der Waals surface area contributed by atoms with Crippen LogP contribution in [-0.2, 0) is 19.1 Å². The van der Waals surface area contributed by atoms with Gasteiger partial charge >= 0.3 is 0 Å². The first-order chi connectivity index (χ1) is 10.9. The van der Waals surface area contributed by atoms with E-state index in [1.807, 2.05) is 13.8 Å². The summed E-state index contributed by atoms with van der Waals surface area (Å²) in [7, 11) is 0. The molecule has 0 aliphatic carbocycles. The molecule has 0 aliphatic rings. The van der Waals surface area contributed by atoms with Gasteiger partial charge in [-0.15, -0.1) is 0 Å². The molecule has 0 saturated carbocycles. The Balaban J connectivity index is 3.26. The minimum absolute atomic E-state index is 0.0580. The molecule has 0 spiro atoms. The third kappa shape index (κ3) is 15.7. The standard InChI is InChI=1S/C17H34N2O4/c1-14(2)16(20)7-10-22-12-13-23-11-9-19-17(21)6-5-8-18-15(3)4/h14-15,18H,5-13H2,1-4H3,(H,19,21). The maximum absolute atomic E-state index is 11.5. The molecule has 0 bridgehead atoms. The number of carbonyl (C=O) groups excluding carboxylic acids is 2. The normalized spacial score (nSPS) is 11.2. The summed E-state index contributed by atoms with van der Waals surface area (Å²) in [5.41, 5.74) is 0. The maximum atomic E-state index is 11.5. The lowest BCUT2D eigenvalue weighted by molar-refractivity contribution is -0.123. The van der Waals surface area contributed by atoms with E-state index in [4.69, 9.17) is 9.47 Å². The number of carbonyl (C=O) groups is 2. The van der Waals surface area contributed by atoms with E-state index in [-0.39, 0.29) is 17.6 Å². The van der Waals surface area contributed by atoms with E-state index in [0.29, 0.717) is 51.9 Å². The van der Waals surface area contributed by atoms with Crippen molar-refractivity contribution < 1.29 is 19.1 Å². The molecule has 0 aliphatic heterocycles. The Kier molecular flexibility index (Phi) is 14.0. The number of hydrogen-bond donors (Lipinski definition) is 2. The highest BCUT2D eigenvalue weighted by atomic mass is 16.5. The van der Waals surface area contributed by atoms with E-state index in [9.17, 15) is 9.59 Å². The minimum atomic E-state index is 0.0580. The zero-order valence-corrected chi connectivity index (χ0v) is 15.2. The number of ketones is 1. The van der Waals surface area contributed by atoms with Crippen molar-refractivity contribution in [1.82, 2.24) is 10.6 Å². The summed E-state index contributed by atoms with van der Waals surface area (Å²) >= 11 is 0. The average Bonchev–Trinajstić information content (AvgIpc) is 2.49. The highest BCUT2D eigenvalue weighted by Crippen LogP contribution is 1.98. The van der Waals surface area contributed by atoms with Gasteiger partial charge in [0.1, 0.15) is 5.78 Å². The zero-order chi connectivity index (χ0) is 17.5. The van der Waals surface area contributed by atoms with Crippen LogP contribution in [0.15, 0.2) is 0 Å². The SMILES string of the molecule is CC(C)NCCCC(=O)NCCOCCOCCC(=O)C(C)C. The van der Waals surface area contributed by atoms with E-state index in [2.05, 4.69) is 24.5 Å². The number of Topliss-reactive ketones (excluding diaryl/α,β-unsaturated/α-hetero) is 1. The third-order valence-corrected chi connectivity index (χ3v) is 3.21. The zero-order valence-electron chi connectivity index (χ0n) is 15.2. The number of nitrogens with one attached hydrogen (secondary N) is 2. The number of rotatable bonds is 15. The third-order valence-electron chi connectivity index (χ3n) is 3.21. The van der Waals surface area contributed by atoms with Gasteiger partial charge in [0.25, 0.3) is 0 Å². The second-order valence-corrected chi connectivity index (χ2v) is 6.16. The van der Waals surface area contributed by atoms with Gasteiger partial charge in [-0.05, 0) is 13.0 Å². The molecule has 0 radical (unpaired) electrons. The fraction of sp³-hybridized carbons (Fsp3) is 0.882. The topological polar surface area (TPSA) is 76.7 Å². The fourth-order valence-electron chi connectivity index (χ4n) is 1.77. The monoisotopic (exact) mass is 330 g/mol. The van der Waals surface area contributed by atoms with E-state index in [1.165, 1.54) is 0 Å². The molecular weight excluding hydrogens is 296 g/mol. The molecule has 0 rings (SSSR count). The van der Waals surface area contributed by atoms with Gasteiger partial charge in [-0.2, -0.15) is 0 Å². The van der Waals surface area contributed by atoms with Crippen molar-refractivity contribution in [2.75, 3.05) is 39.5 Å². The quantitative estimate of drug-likeness (QED) is 0.445. The van der Waals surface area contributed by atoms with E-state index in [0.717, 1.165) is 13.0 Å². The molecule has 6 nitrogen and oxygen atoms in total. The molecule has 6 heteroatoms. The summed E-state index contributed by atoms with van der Waals surface area (Å²) in [6, 6.07) is 0.456. The molecule has 0 aromatic heterocycles. The van der Waals surface area contributed by atoms with Crippen LogP contribution in [0, 0.1) is 5.92 Å². The summed E-state index contributed by atoms with van der Waals surface area (Å²) in [5.74, 6) is 0.347. The van der Waals surface area contributed by atoms with Crippen LogP contribution in [0.2, 0.25) is 0 Å². The molecule has 0 aromatic carbocycles. The lowest BCUT2D eigenvalue weighted by atomic mass is 10.1. The second-order valence-electron chi connectivity index (χ2n) is 6.16. The fourth-order valence-corrected chi connectivity index (χ4v) is 1.77. The Hall–Kier alpha value is -0.980. The van der Waals surface area contributed by atoms with Crippen molar-refractivity contribution in [3.63, 3.8) is 0 Å². The molecule has 136 valence electrons. The van der Waals surface area contributed by atoms with Crippen molar-refractivity contribution in [3.05, 3.63) is 0 Å². The predicted octanol–water partition coefficient (Wildman–Crippen LogP) is 1.53. The largest absolute Gasteiger partial charge is 0.379 e. The van der Waals surface area contributed by atoms with Gasteiger partial charge < -0.3 is 20.1 Å². The van der Waals surface area contributed by atoms with Crippen LogP contribution in [-0.4, -0.2) is 57.2 Å². The minimum Gasteiger partial charge on any atom is -0.379 e. The van der Waals surface area contributed by atoms with Crippen LogP contribution >= 0.6 is 0 Å². The highest BCUT2D eigenvalue weighted by Gasteiger charge is 2.06. The summed E-state index contributed by atoms with van der Waals surface area (Å²) in [6.07, 6.45) is 1.83. The molecule has 0 heterocycles. The molecule has 2 N–H and O–H groups in total. The summed E-state index contributed by atoms with van der Waals surface area (Å²) in [5, 5.41) is 6.10. The van der Waals surface area contributed by atoms with Crippen molar-refractivity contribution in [2.24, 2.45) is 5.92 Å². The molecule has 0 aromatic rings. The Bertz CT molecular complexity index is 320. The summed E-state index contributed by atoms with van der Waals surface area (Å²) in [6.45, 7) is 11.2. The molecule has 1 amide bonds. The lowest BCUT2D eigenvalue weighted by Crippen LogP contribution is -2.29. The average molecular weight is 330 g/mol. The molecule has 0 atom stereocenters. The van der Waals surface area contributed by atoms with Crippen LogP contribution in [0.3, 0.4) is 0 Å². The Morgan fingerprint density at radius 3 is 2.13 bits per heavy atom. The molecular formula is C17H34N2O4. The number of amides is 1. The first-order valence-electron chi connectivity index (χ1n) is 8.61. The Morgan fingerprint density at radius 2 is 1.52 bits per heavy atom. The van der Waals surface area contributed by atoms with Crippen molar-refractivity contribution >= 4 is 11.7 Å². The predicted molar refractivity (Wildman–Crippen MR) is 91.5 cm³/mol. The maximum Gasteiger partial charge on any atom is 0.220 e. The Morgan fingerprint density at radius 1 is 0.870 bits per heavy atom. The molecule has 0 unspecified atom stereocenters. The van der Waals surface area contributed by atoms with Crippen molar-refractivity contribution in [1.29, 1.82) is 0 Å². The lowest BCUT2D eigenvalue weighted by Gasteiger charge is -2.09. The molecule has 23 heavy (non-hydrogen) atoms. The Labute approximate surface area is 140 Å². The van der Waals surface area contributed by atoms with Crippen LogP contribution < -0.4 is 10.6 Å². The van der Waals surface area contributed by atoms with Crippen molar-refractivity contribution in [2.45, 2.75) is 53.0 Å². The van der Waals surface area contributed by atoms with E-state index in [1.54, 1.807) is 0 Å². The first-order valence-corrected chi connectivity index (χ1v) is 8.61. The first kappa shape index (κ1) is 22.0. The van der Waals surface area contributed by atoms with Gasteiger partial charge in [0.15, 0.2) is 0 Å². The van der Waals surface area contributed by atoms with Crippen LogP contribution in [0.1, 0.15) is 47.0 Å². The van der Waals surface area contributed by atoms with Gasteiger partial charge in [-0.1, -0.05) is 27.7 Å². The van der Waals surface area contributed by atoms with E-state index < -0.39 is 0 Å². The van der Waals surface area contributed by atoms with Gasteiger partial charge in [0.05, 0.1) is 26.4 Å². The molecule has 0 fully saturated rings. The molecule has 0 saturated heterocycles. The number of ether oxygens (including phenoxy) is 2. The van der Waals surface area contributed by atoms with Crippen molar-refractivity contribution in [3.8, 4) is 0 Å². The van der Waals surface area contributed by atoms with Crippen LogP contribution in [0.4, 0.5) is 0 Å². The van der Waals surface area contributed by atoms with Gasteiger partial charge in [-0.25, -0.2) is 0 Å². The number of hydrogen-bond acceptors (Lipinski definition) is 5. The second kappa shape index (κ2) is 14.6. The summed E-state index contributed by atoms with van der Waals surface area (Å²) in [4.78, 5) is 22.9. The van der Waals surface area contributed by atoms with Gasteiger partial charge in [-0.3, -0.25) is 9.59 Å². The van der Waals surface area contributed by atoms with Crippen LogP contribution in [0.25, 0.3) is 0 Å². The van der Waals surface area contributed by atoms with E-state index >= 15 is 0 Å². The summed E-state index contributed by atoms with van der Waals surface area (Å²) < 4.78 is 10.7. The van der Waals surface area contributed by atoms with Gasteiger partial charge in [0, 0.05) is 31.3 Å². The smallest absolute Gasteiger partial charge is 0.220 e. The highest BCUT2D eigenvalue weighted by molar-refractivity contribution is 5.80.